The molecule has 0 aliphatic carbocycles. The molecule has 1 aliphatic heterocycles. The zero-order valence-electron chi connectivity index (χ0n) is 19.4. The lowest BCUT2D eigenvalue weighted by atomic mass is 9.99. The van der Waals surface area contributed by atoms with Crippen molar-refractivity contribution in [1.29, 1.82) is 0 Å². The second-order valence-electron chi connectivity index (χ2n) is 8.49. The molecule has 1 amide bonds. The fraction of sp³-hybridized carbons (Fsp3) is 0.321. The molecule has 0 radical (unpaired) electrons. The number of benzene rings is 3. The fourth-order valence-electron chi connectivity index (χ4n) is 4.28. The molecule has 1 aliphatic rings. The number of amides is 1. The molecule has 166 valence electrons. The number of hydrogen-bond donors (Lipinski definition) is 0. The first-order chi connectivity index (χ1) is 15.5. The van der Waals surface area contributed by atoms with Gasteiger partial charge >= 0.3 is 0 Å². The molecular weight excluding hydrogens is 398 g/mol. The van der Waals surface area contributed by atoms with E-state index in [4.69, 9.17) is 9.47 Å². The van der Waals surface area contributed by atoms with Crippen molar-refractivity contribution < 1.29 is 14.3 Å². The first kappa shape index (κ1) is 21.9. The summed E-state index contributed by atoms with van der Waals surface area (Å²) in [4.78, 5) is 15.2. The van der Waals surface area contributed by atoms with Crippen molar-refractivity contribution >= 4 is 5.91 Å². The van der Waals surface area contributed by atoms with Gasteiger partial charge in [-0.25, -0.2) is 0 Å². The summed E-state index contributed by atoms with van der Waals surface area (Å²) in [6.45, 7) is 10.5. The van der Waals surface area contributed by atoms with E-state index >= 15 is 0 Å². The SMILES string of the molecule is CCOc1ccc(C(=O)N2CCc3ccccc3C2)cc1COc1cc(C)cc(C)c1C. The molecule has 3 aromatic carbocycles. The van der Waals surface area contributed by atoms with E-state index in [2.05, 4.69) is 51.1 Å². The van der Waals surface area contributed by atoms with Gasteiger partial charge in [-0.3, -0.25) is 4.79 Å². The molecule has 0 atom stereocenters. The molecule has 0 saturated carbocycles. The number of hydrogen-bond acceptors (Lipinski definition) is 3. The van der Waals surface area contributed by atoms with Crippen LogP contribution in [0.25, 0.3) is 0 Å². The Labute approximate surface area is 190 Å². The monoisotopic (exact) mass is 429 g/mol. The van der Waals surface area contributed by atoms with Crippen LogP contribution in [-0.2, 0) is 19.6 Å². The molecule has 4 nitrogen and oxygen atoms in total. The van der Waals surface area contributed by atoms with Gasteiger partial charge in [0.1, 0.15) is 18.1 Å². The normalized spacial score (nSPS) is 12.9. The average molecular weight is 430 g/mol. The summed E-state index contributed by atoms with van der Waals surface area (Å²) in [6.07, 6.45) is 0.890. The van der Waals surface area contributed by atoms with Crippen molar-refractivity contribution in [3.8, 4) is 11.5 Å². The van der Waals surface area contributed by atoms with Crippen LogP contribution in [0, 0.1) is 20.8 Å². The fourth-order valence-corrected chi connectivity index (χ4v) is 4.28. The highest BCUT2D eigenvalue weighted by molar-refractivity contribution is 5.94. The van der Waals surface area contributed by atoms with Crippen LogP contribution in [0.15, 0.2) is 54.6 Å². The van der Waals surface area contributed by atoms with Gasteiger partial charge in [0.15, 0.2) is 0 Å². The minimum atomic E-state index is 0.0476. The second kappa shape index (κ2) is 9.47. The van der Waals surface area contributed by atoms with Crippen molar-refractivity contribution in [2.24, 2.45) is 0 Å². The van der Waals surface area contributed by atoms with Crippen LogP contribution in [0.1, 0.15) is 50.7 Å². The molecule has 1 heterocycles. The summed E-state index contributed by atoms with van der Waals surface area (Å²) in [5.41, 5.74) is 7.62. The maximum absolute atomic E-state index is 13.3. The number of carbonyl (C=O) groups is 1. The van der Waals surface area contributed by atoms with E-state index in [0.29, 0.717) is 25.3 Å². The first-order valence-corrected chi connectivity index (χ1v) is 11.3. The van der Waals surface area contributed by atoms with Crippen LogP contribution in [0.4, 0.5) is 0 Å². The number of ether oxygens (including phenoxy) is 2. The Morgan fingerprint density at radius 2 is 1.72 bits per heavy atom. The van der Waals surface area contributed by atoms with E-state index in [1.165, 1.54) is 22.3 Å². The van der Waals surface area contributed by atoms with E-state index in [1.54, 1.807) is 0 Å². The van der Waals surface area contributed by atoms with Crippen LogP contribution in [-0.4, -0.2) is 24.0 Å². The summed E-state index contributed by atoms with van der Waals surface area (Å²) in [5, 5.41) is 0. The lowest BCUT2D eigenvalue weighted by Gasteiger charge is -2.29. The van der Waals surface area contributed by atoms with Crippen LogP contribution in [0.3, 0.4) is 0 Å². The highest BCUT2D eigenvalue weighted by Gasteiger charge is 2.22. The predicted molar refractivity (Wildman–Crippen MR) is 127 cm³/mol. The highest BCUT2D eigenvalue weighted by Crippen LogP contribution is 2.28. The Morgan fingerprint density at radius 3 is 2.50 bits per heavy atom. The Bertz CT molecular complexity index is 1140. The van der Waals surface area contributed by atoms with Gasteiger partial charge < -0.3 is 14.4 Å². The van der Waals surface area contributed by atoms with Gasteiger partial charge in [-0.05, 0) is 86.2 Å². The summed E-state index contributed by atoms with van der Waals surface area (Å²) < 4.78 is 12.0. The van der Waals surface area contributed by atoms with Crippen molar-refractivity contribution in [3.05, 3.63) is 93.5 Å². The lowest BCUT2D eigenvalue weighted by Crippen LogP contribution is -2.36. The third-order valence-corrected chi connectivity index (χ3v) is 6.17. The maximum Gasteiger partial charge on any atom is 0.254 e. The number of rotatable bonds is 6. The summed E-state index contributed by atoms with van der Waals surface area (Å²) in [6, 6.07) is 18.2. The van der Waals surface area contributed by atoms with E-state index in [1.807, 2.05) is 36.1 Å². The van der Waals surface area contributed by atoms with Gasteiger partial charge in [-0.15, -0.1) is 0 Å². The molecule has 32 heavy (non-hydrogen) atoms. The van der Waals surface area contributed by atoms with E-state index < -0.39 is 0 Å². The zero-order chi connectivity index (χ0) is 22.7. The smallest absolute Gasteiger partial charge is 0.254 e. The molecule has 0 spiro atoms. The molecule has 0 saturated heterocycles. The largest absolute Gasteiger partial charge is 0.493 e. The Hall–Kier alpha value is -3.27. The highest BCUT2D eigenvalue weighted by atomic mass is 16.5. The number of aryl methyl sites for hydroxylation is 2. The van der Waals surface area contributed by atoms with Crippen LogP contribution in [0.2, 0.25) is 0 Å². The molecule has 0 N–H and O–H groups in total. The minimum absolute atomic E-state index is 0.0476. The van der Waals surface area contributed by atoms with Crippen LogP contribution >= 0.6 is 0 Å². The van der Waals surface area contributed by atoms with Gasteiger partial charge in [0, 0.05) is 24.2 Å². The average Bonchev–Trinajstić information content (AvgIpc) is 2.80. The molecule has 3 aromatic rings. The predicted octanol–water partition coefficient (Wildman–Crippen LogP) is 5.79. The zero-order valence-corrected chi connectivity index (χ0v) is 19.4. The Kier molecular flexibility index (Phi) is 6.50. The van der Waals surface area contributed by atoms with Gasteiger partial charge in [0.05, 0.1) is 6.61 Å². The van der Waals surface area contributed by atoms with Crippen molar-refractivity contribution in [2.45, 2.75) is 47.3 Å². The molecule has 0 fully saturated rings. The summed E-state index contributed by atoms with van der Waals surface area (Å²) >= 11 is 0. The van der Waals surface area contributed by atoms with Crippen molar-refractivity contribution in [3.63, 3.8) is 0 Å². The lowest BCUT2D eigenvalue weighted by molar-refractivity contribution is 0.0734. The molecule has 4 heteroatoms. The quantitative estimate of drug-likeness (QED) is 0.498. The molecule has 0 bridgehead atoms. The van der Waals surface area contributed by atoms with Crippen molar-refractivity contribution in [2.75, 3.05) is 13.2 Å². The Morgan fingerprint density at radius 1 is 0.938 bits per heavy atom. The number of fused-ring (bicyclic) bond motifs is 1. The van der Waals surface area contributed by atoms with Crippen LogP contribution in [0.5, 0.6) is 11.5 Å². The number of nitrogens with zero attached hydrogens (tertiary/aromatic N) is 1. The second-order valence-corrected chi connectivity index (χ2v) is 8.49. The third kappa shape index (κ3) is 4.64. The van der Waals surface area contributed by atoms with Crippen molar-refractivity contribution in [1.82, 2.24) is 4.90 Å². The first-order valence-electron chi connectivity index (χ1n) is 11.3. The van der Waals surface area contributed by atoms with E-state index in [-0.39, 0.29) is 5.91 Å². The van der Waals surface area contributed by atoms with Gasteiger partial charge in [-0.1, -0.05) is 30.3 Å². The van der Waals surface area contributed by atoms with Gasteiger partial charge in [0.25, 0.3) is 5.91 Å². The number of carbonyl (C=O) groups excluding carboxylic acids is 1. The van der Waals surface area contributed by atoms with E-state index in [0.717, 1.165) is 35.6 Å². The minimum Gasteiger partial charge on any atom is -0.493 e. The van der Waals surface area contributed by atoms with Gasteiger partial charge in [0.2, 0.25) is 0 Å². The maximum atomic E-state index is 13.3. The van der Waals surface area contributed by atoms with E-state index in [9.17, 15) is 4.79 Å². The molecular formula is C28H31NO3. The standard InChI is InChI=1S/C28H31NO3/c1-5-31-26-11-10-23(28(30)29-13-12-22-8-6-7-9-24(22)17-29)16-25(26)18-32-27-15-19(2)14-20(3)21(27)4/h6-11,14-16H,5,12-13,17-18H2,1-4H3. The third-order valence-electron chi connectivity index (χ3n) is 6.17. The molecule has 4 rings (SSSR count). The van der Waals surface area contributed by atoms with Crippen LogP contribution < -0.4 is 9.47 Å². The molecule has 0 unspecified atom stereocenters. The summed E-state index contributed by atoms with van der Waals surface area (Å²) in [5.74, 6) is 1.68. The Balaban J connectivity index is 1.56. The summed E-state index contributed by atoms with van der Waals surface area (Å²) in [7, 11) is 0. The topological polar surface area (TPSA) is 38.8 Å². The molecule has 0 aromatic heterocycles. The van der Waals surface area contributed by atoms with Gasteiger partial charge in [-0.2, -0.15) is 0 Å².